The SMILES string of the molecule is Cc1ccc(CCC(=O)NCC2CCCC2N)cc1. The molecule has 3 N–H and O–H groups in total. The van der Waals surface area contributed by atoms with Crippen LogP contribution in [0.3, 0.4) is 0 Å². The van der Waals surface area contributed by atoms with Crippen molar-refractivity contribution in [1.82, 2.24) is 5.32 Å². The van der Waals surface area contributed by atoms with Crippen LogP contribution in [0.25, 0.3) is 0 Å². The minimum atomic E-state index is 0.139. The fourth-order valence-electron chi connectivity index (χ4n) is 2.66. The van der Waals surface area contributed by atoms with Crippen molar-refractivity contribution in [2.24, 2.45) is 11.7 Å². The highest BCUT2D eigenvalue weighted by Crippen LogP contribution is 2.22. The van der Waals surface area contributed by atoms with Crippen molar-refractivity contribution in [3.05, 3.63) is 35.4 Å². The Morgan fingerprint density at radius 1 is 1.32 bits per heavy atom. The van der Waals surface area contributed by atoms with E-state index < -0.39 is 0 Å². The number of carbonyl (C=O) groups excluding carboxylic acids is 1. The topological polar surface area (TPSA) is 55.1 Å². The molecule has 104 valence electrons. The monoisotopic (exact) mass is 260 g/mol. The zero-order chi connectivity index (χ0) is 13.7. The number of amides is 1. The summed E-state index contributed by atoms with van der Waals surface area (Å²) in [6, 6.07) is 8.64. The lowest BCUT2D eigenvalue weighted by Gasteiger charge is -2.15. The highest BCUT2D eigenvalue weighted by atomic mass is 16.1. The number of hydrogen-bond acceptors (Lipinski definition) is 2. The van der Waals surface area contributed by atoms with Gasteiger partial charge in [-0.2, -0.15) is 0 Å². The molecule has 2 atom stereocenters. The predicted molar refractivity (Wildman–Crippen MR) is 77.8 cm³/mol. The van der Waals surface area contributed by atoms with Crippen molar-refractivity contribution in [2.75, 3.05) is 6.54 Å². The van der Waals surface area contributed by atoms with Crippen molar-refractivity contribution < 1.29 is 4.79 Å². The van der Waals surface area contributed by atoms with Gasteiger partial charge in [-0.15, -0.1) is 0 Å². The zero-order valence-corrected chi connectivity index (χ0v) is 11.7. The fraction of sp³-hybridized carbons (Fsp3) is 0.562. The Kier molecular flexibility index (Phi) is 4.97. The lowest BCUT2D eigenvalue weighted by Crippen LogP contribution is -2.36. The normalized spacial score (nSPS) is 22.4. The van der Waals surface area contributed by atoms with E-state index in [0.29, 0.717) is 12.3 Å². The van der Waals surface area contributed by atoms with Crippen LogP contribution in [-0.4, -0.2) is 18.5 Å². The minimum absolute atomic E-state index is 0.139. The molecule has 3 nitrogen and oxygen atoms in total. The number of rotatable bonds is 5. The molecule has 0 aliphatic heterocycles. The summed E-state index contributed by atoms with van der Waals surface area (Å²) in [7, 11) is 0. The van der Waals surface area contributed by atoms with Gasteiger partial charge in [0.25, 0.3) is 0 Å². The lowest BCUT2D eigenvalue weighted by molar-refractivity contribution is -0.121. The molecule has 1 aliphatic carbocycles. The second-order valence-corrected chi connectivity index (χ2v) is 5.64. The molecule has 2 rings (SSSR count). The maximum Gasteiger partial charge on any atom is 0.220 e. The molecular weight excluding hydrogens is 236 g/mol. The van der Waals surface area contributed by atoms with Crippen molar-refractivity contribution in [2.45, 2.75) is 45.1 Å². The second kappa shape index (κ2) is 6.71. The van der Waals surface area contributed by atoms with Crippen LogP contribution in [0.5, 0.6) is 0 Å². The van der Waals surface area contributed by atoms with Gasteiger partial charge in [-0.05, 0) is 37.7 Å². The molecule has 0 heterocycles. The summed E-state index contributed by atoms with van der Waals surface area (Å²) in [4.78, 5) is 11.8. The molecule has 3 heteroatoms. The van der Waals surface area contributed by atoms with E-state index in [2.05, 4.69) is 36.5 Å². The average Bonchev–Trinajstić information content (AvgIpc) is 2.81. The van der Waals surface area contributed by atoms with Gasteiger partial charge in [-0.3, -0.25) is 4.79 Å². The van der Waals surface area contributed by atoms with Gasteiger partial charge in [0, 0.05) is 19.0 Å². The highest BCUT2D eigenvalue weighted by Gasteiger charge is 2.23. The Balaban J connectivity index is 1.68. The predicted octanol–water partition coefficient (Wildman–Crippen LogP) is 2.17. The van der Waals surface area contributed by atoms with Gasteiger partial charge < -0.3 is 11.1 Å². The number of aryl methyl sites for hydroxylation is 2. The first-order valence-electron chi connectivity index (χ1n) is 7.23. The second-order valence-electron chi connectivity index (χ2n) is 5.64. The summed E-state index contributed by atoms with van der Waals surface area (Å²) in [6.07, 6.45) is 4.82. The largest absolute Gasteiger partial charge is 0.356 e. The quantitative estimate of drug-likeness (QED) is 0.852. The van der Waals surface area contributed by atoms with Crippen molar-refractivity contribution in [3.63, 3.8) is 0 Å². The van der Waals surface area contributed by atoms with Crippen LogP contribution in [-0.2, 0) is 11.2 Å². The summed E-state index contributed by atoms with van der Waals surface area (Å²) in [5, 5.41) is 3.02. The zero-order valence-electron chi connectivity index (χ0n) is 11.7. The fourth-order valence-corrected chi connectivity index (χ4v) is 2.66. The van der Waals surface area contributed by atoms with Gasteiger partial charge in [0.05, 0.1) is 0 Å². The molecule has 1 aromatic carbocycles. The maximum absolute atomic E-state index is 11.8. The third kappa shape index (κ3) is 4.35. The van der Waals surface area contributed by atoms with E-state index in [4.69, 9.17) is 5.73 Å². The van der Waals surface area contributed by atoms with E-state index in [1.165, 1.54) is 17.5 Å². The van der Waals surface area contributed by atoms with Gasteiger partial charge in [0.15, 0.2) is 0 Å². The van der Waals surface area contributed by atoms with Crippen molar-refractivity contribution in [3.8, 4) is 0 Å². The Labute approximate surface area is 115 Å². The molecule has 19 heavy (non-hydrogen) atoms. The van der Waals surface area contributed by atoms with Gasteiger partial charge in [-0.1, -0.05) is 36.2 Å². The molecule has 1 saturated carbocycles. The Morgan fingerprint density at radius 2 is 2.05 bits per heavy atom. The van der Waals surface area contributed by atoms with Crippen LogP contribution in [0.15, 0.2) is 24.3 Å². The van der Waals surface area contributed by atoms with Crippen LogP contribution in [0.1, 0.15) is 36.8 Å². The number of benzene rings is 1. The standard InChI is InChI=1S/C16H24N2O/c1-12-5-7-13(8-6-12)9-10-16(19)18-11-14-3-2-4-15(14)17/h5-8,14-15H,2-4,9-11,17H2,1H3,(H,18,19). The van der Waals surface area contributed by atoms with Crippen LogP contribution in [0.4, 0.5) is 0 Å². The molecule has 0 bridgehead atoms. The van der Waals surface area contributed by atoms with Crippen molar-refractivity contribution >= 4 is 5.91 Å². The summed E-state index contributed by atoms with van der Waals surface area (Å²) in [6.45, 7) is 2.81. The Bertz CT molecular complexity index is 413. The first-order chi connectivity index (χ1) is 9.15. The average molecular weight is 260 g/mol. The van der Waals surface area contributed by atoms with Crippen LogP contribution in [0.2, 0.25) is 0 Å². The minimum Gasteiger partial charge on any atom is -0.356 e. The molecule has 1 amide bonds. The molecule has 0 spiro atoms. The van der Waals surface area contributed by atoms with Gasteiger partial charge in [0.1, 0.15) is 0 Å². The van der Waals surface area contributed by atoms with E-state index in [1.807, 2.05) is 0 Å². The number of carbonyl (C=O) groups is 1. The molecule has 0 aromatic heterocycles. The van der Waals surface area contributed by atoms with E-state index >= 15 is 0 Å². The maximum atomic E-state index is 11.8. The molecule has 2 unspecified atom stereocenters. The van der Waals surface area contributed by atoms with E-state index in [9.17, 15) is 4.79 Å². The molecular formula is C16H24N2O. The van der Waals surface area contributed by atoms with Crippen LogP contribution >= 0.6 is 0 Å². The molecule has 1 fully saturated rings. The number of nitrogens with one attached hydrogen (secondary N) is 1. The Hall–Kier alpha value is -1.35. The summed E-state index contributed by atoms with van der Waals surface area (Å²) in [5.74, 6) is 0.614. The number of hydrogen-bond donors (Lipinski definition) is 2. The molecule has 0 saturated heterocycles. The Morgan fingerprint density at radius 3 is 2.68 bits per heavy atom. The van der Waals surface area contributed by atoms with Gasteiger partial charge in [0.2, 0.25) is 5.91 Å². The first-order valence-corrected chi connectivity index (χ1v) is 7.23. The van der Waals surface area contributed by atoms with Crippen LogP contribution in [0, 0.1) is 12.8 Å². The van der Waals surface area contributed by atoms with E-state index in [0.717, 1.165) is 25.8 Å². The molecule has 1 aromatic rings. The van der Waals surface area contributed by atoms with Gasteiger partial charge >= 0.3 is 0 Å². The summed E-state index contributed by atoms with van der Waals surface area (Å²) < 4.78 is 0. The third-order valence-electron chi connectivity index (χ3n) is 4.04. The van der Waals surface area contributed by atoms with Gasteiger partial charge in [-0.25, -0.2) is 0 Å². The van der Waals surface area contributed by atoms with E-state index in [-0.39, 0.29) is 11.9 Å². The smallest absolute Gasteiger partial charge is 0.220 e. The molecule has 1 aliphatic rings. The van der Waals surface area contributed by atoms with E-state index in [1.54, 1.807) is 0 Å². The highest BCUT2D eigenvalue weighted by molar-refractivity contribution is 5.76. The lowest BCUT2D eigenvalue weighted by atomic mass is 10.0. The number of nitrogens with two attached hydrogens (primary N) is 1. The summed E-state index contributed by atoms with van der Waals surface area (Å²) in [5.41, 5.74) is 8.47. The van der Waals surface area contributed by atoms with Crippen LogP contribution < -0.4 is 11.1 Å². The van der Waals surface area contributed by atoms with Crippen molar-refractivity contribution in [1.29, 1.82) is 0 Å². The third-order valence-corrected chi connectivity index (χ3v) is 4.04. The summed E-state index contributed by atoms with van der Waals surface area (Å²) >= 11 is 0. The molecule has 0 radical (unpaired) electrons. The first kappa shape index (κ1) is 14.1.